The van der Waals surface area contributed by atoms with Crippen molar-refractivity contribution in [3.8, 4) is 28.3 Å². The fourth-order valence-electron chi connectivity index (χ4n) is 3.82. The minimum Gasteiger partial charge on any atom is -0.481 e. The average molecular weight is 473 g/mol. The largest absolute Gasteiger partial charge is 0.481 e. The molecule has 0 saturated heterocycles. The molecule has 0 bridgehead atoms. The molecule has 0 unspecified atom stereocenters. The molecule has 3 N–H and O–H groups in total. The van der Waals surface area contributed by atoms with E-state index in [1.807, 2.05) is 30.3 Å². The highest BCUT2D eigenvalue weighted by Gasteiger charge is 2.22. The Morgan fingerprint density at radius 3 is 2.54 bits per heavy atom. The van der Waals surface area contributed by atoms with E-state index in [1.165, 1.54) is 28.3 Å². The summed E-state index contributed by atoms with van der Waals surface area (Å²) in [5.74, 6) is -0.252. The number of nitrogens with zero attached hydrogens (tertiary/aromatic N) is 6. The van der Waals surface area contributed by atoms with E-state index in [1.54, 1.807) is 12.1 Å². The van der Waals surface area contributed by atoms with Gasteiger partial charge in [-0.1, -0.05) is 30.3 Å². The van der Waals surface area contributed by atoms with Crippen molar-refractivity contribution in [2.45, 2.75) is 13.2 Å². The van der Waals surface area contributed by atoms with Gasteiger partial charge >= 0.3 is 5.69 Å². The van der Waals surface area contributed by atoms with Crippen molar-refractivity contribution >= 4 is 11.6 Å². The zero-order valence-electron chi connectivity index (χ0n) is 18.6. The maximum absolute atomic E-state index is 13.3. The number of pyridine rings is 2. The minimum atomic E-state index is -0.527. The first-order valence-corrected chi connectivity index (χ1v) is 10.6. The van der Waals surface area contributed by atoms with E-state index in [4.69, 9.17) is 10.5 Å². The van der Waals surface area contributed by atoms with Crippen LogP contribution in [-0.4, -0.2) is 41.3 Å². The van der Waals surface area contributed by atoms with E-state index < -0.39 is 11.5 Å². The van der Waals surface area contributed by atoms with Crippen LogP contribution in [0.5, 0.6) is 5.88 Å². The second-order valence-electron chi connectivity index (χ2n) is 7.67. The maximum Gasteiger partial charge on any atom is 0.353 e. The molecule has 0 saturated carbocycles. The van der Waals surface area contributed by atoms with E-state index in [0.29, 0.717) is 28.2 Å². The Labute approximate surface area is 198 Å². The predicted octanol–water partition coefficient (Wildman–Crippen LogP) is 2.29. The van der Waals surface area contributed by atoms with Crippen molar-refractivity contribution in [3.63, 3.8) is 0 Å². The van der Waals surface area contributed by atoms with Gasteiger partial charge in [0.15, 0.2) is 5.65 Å². The van der Waals surface area contributed by atoms with E-state index in [0.717, 1.165) is 11.8 Å². The lowest BCUT2D eigenvalue weighted by Crippen LogP contribution is -2.24. The molecule has 4 heterocycles. The molecule has 10 nitrogen and oxygen atoms in total. The summed E-state index contributed by atoms with van der Waals surface area (Å²) in [6, 6.07) is 15.4. The van der Waals surface area contributed by atoms with Gasteiger partial charge in [0.25, 0.3) is 0 Å². The first kappa shape index (κ1) is 22.2. The number of rotatable bonds is 6. The van der Waals surface area contributed by atoms with Gasteiger partial charge in [-0.15, -0.1) is 5.10 Å². The molecule has 0 aliphatic rings. The van der Waals surface area contributed by atoms with Crippen LogP contribution in [0.2, 0.25) is 0 Å². The molecule has 11 heteroatoms. The highest BCUT2D eigenvalue weighted by molar-refractivity contribution is 5.91. The number of hydrogen-bond acceptors (Lipinski definition) is 8. The number of ether oxygens (including phenoxy) is 1. The molecule has 0 spiro atoms. The van der Waals surface area contributed by atoms with Crippen molar-refractivity contribution in [2.75, 3.05) is 12.8 Å². The predicted molar refractivity (Wildman–Crippen MR) is 126 cm³/mol. The van der Waals surface area contributed by atoms with Gasteiger partial charge in [0, 0.05) is 11.6 Å². The molecule has 35 heavy (non-hydrogen) atoms. The van der Waals surface area contributed by atoms with Crippen LogP contribution in [0.3, 0.4) is 0 Å². The van der Waals surface area contributed by atoms with Crippen molar-refractivity contribution in [2.24, 2.45) is 0 Å². The number of methoxy groups -OCH3 is 1. The normalized spacial score (nSPS) is 11.2. The number of fused-ring (bicyclic) bond motifs is 1. The summed E-state index contributed by atoms with van der Waals surface area (Å²) in [6.07, 6.45) is 1.07. The standard InChI is InChI=1S/C24H20FN7O3/c1-35-19-10-15(9-18(13-33)28-19)20-21(14-5-3-2-4-6-14)29-23(26)32-22(20)30-31(24(32)34)12-17-8-7-16(25)11-27-17/h2-11,33H,12-13H2,1H3,(H2,26,29). The minimum absolute atomic E-state index is 0.00188. The molecule has 176 valence electrons. The molecular weight excluding hydrogens is 453 g/mol. The van der Waals surface area contributed by atoms with Gasteiger partial charge in [0.05, 0.1) is 49.1 Å². The third-order valence-corrected chi connectivity index (χ3v) is 5.42. The van der Waals surface area contributed by atoms with E-state index in [2.05, 4.69) is 20.1 Å². The zero-order valence-corrected chi connectivity index (χ0v) is 18.6. The smallest absolute Gasteiger partial charge is 0.353 e. The summed E-state index contributed by atoms with van der Waals surface area (Å²) in [5, 5.41) is 14.3. The lowest BCUT2D eigenvalue weighted by Gasteiger charge is -2.13. The summed E-state index contributed by atoms with van der Waals surface area (Å²) in [4.78, 5) is 26.1. The van der Waals surface area contributed by atoms with E-state index in [-0.39, 0.29) is 30.6 Å². The Bertz CT molecular complexity index is 1560. The van der Waals surface area contributed by atoms with Crippen molar-refractivity contribution in [1.29, 1.82) is 0 Å². The fourth-order valence-corrected chi connectivity index (χ4v) is 3.82. The molecule has 0 amide bonds. The molecule has 5 aromatic rings. The summed E-state index contributed by atoms with van der Waals surface area (Å²) >= 11 is 0. The van der Waals surface area contributed by atoms with Crippen LogP contribution >= 0.6 is 0 Å². The lowest BCUT2D eigenvalue weighted by atomic mass is 10.00. The fraction of sp³-hybridized carbons (Fsp3) is 0.125. The Morgan fingerprint density at radius 2 is 1.86 bits per heavy atom. The number of halogens is 1. The van der Waals surface area contributed by atoms with Gasteiger partial charge in [-0.3, -0.25) is 4.98 Å². The van der Waals surface area contributed by atoms with Gasteiger partial charge in [-0.05, 0) is 23.8 Å². The van der Waals surface area contributed by atoms with Crippen LogP contribution in [0.1, 0.15) is 11.4 Å². The van der Waals surface area contributed by atoms with Crippen LogP contribution in [0.4, 0.5) is 10.3 Å². The summed E-state index contributed by atoms with van der Waals surface area (Å²) in [7, 11) is 1.47. The van der Waals surface area contributed by atoms with Crippen LogP contribution in [0, 0.1) is 5.82 Å². The van der Waals surface area contributed by atoms with Crippen molar-refractivity contribution in [1.82, 2.24) is 29.1 Å². The molecule has 1 aromatic carbocycles. The number of aliphatic hydroxyl groups excluding tert-OH is 1. The van der Waals surface area contributed by atoms with Gasteiger partial charge in [0.1, 0.15) is 5.82 Å². The number of nitrogens with two attached hydrogens (primary N) is 1. The van der Waals surface area contributed by atoms with Gasteiger partial charge in [0.2, 0.25) is 11.8 Å². The number of nitrogen functional groups attached to an aromatic ring is 1. The SMILES string of the molecule is COc1cc(-c2c(-c3ccccc3)nc(N)n3c(=O)n(Cc4ccc(F)cn4)nc23)cc(CO)n1. The van der Waals surface area contributed by atoms with Crippen LogP contribution < -0.4 is 16.2 Å². The highest BCUT2D eigenvalue weighted by Crippen LogP contribution is 2.35. The molecular formula is C24H20FN7O3. The highest BCUT2D eigenvalue weighted by atomic mass is 19.1. The van der Waals surface area contributed by atoms with Crippen LogP contribution in [0.15, 0.2) is 65.6 Å². The Morgan fingerprint density at radius 1 is 1.06 bits per heavy atom. The van der Waals surface area contributed by atoms with Gasteiger partial charge in [-0.2, -0.15) is 0 Å². The van der Waals surface area contributed by atoms with Crippen LogP contribution in [-0.2, 0) is 13.2 Å². The Balaban J connectivity index is 1.81. The first-order valence-electron chi connectivity index (χ1n) is 10.6. The van der Waals surface area contributed by atoms with Gasteiger partial charge < -0.3 is 15.6 Å². The number of hydrogen-bond donors (Lipinski definition) is 2. The lowest BCUT2D eigenvalue weighted by molar-refractivity contribution is 0.274. The third kappa shape index (κ3) is 4.08. The number of anilines is 1. The average Bonchev–Trinajstić information content (AvgIpc) is 3.21. The Hall–Kier alpha value is -4.64. The maximum atomic E-state index is 13.3. The quantitative estimate of drug-likeness (QED) is 0.384. The third-order valence-electron chi connectivity index (χ3n) is 5.42. The molecule has 0 radical (unpaired) electrons. The van der Waals surface area contributed by atoms with Crippen LogP contribution in [0.25, 0.3) is 28.0 Å². The Kier molecular flexibility index (Phi) is 5.67. The molecule has 0 atom stereocenters. The van der Waals surface area contributed by atoms with Crippen molar-refractivity contribution < 1.29 is 14.2 Å². The van der Waals surface area contributed by atoms with E-state index >= 15 is 0 Å². The second kappa shape index (κ2) is 8.95. The first-order chi connectivity index (χ1) is 17.0. The molecule has 0 aliphatic heterocycles. The summed E-state index contributed by atoms with van der Waals surface area (Å²) in [6.45, 7) is -0.317. The number of aliphatic hydroxyl groups is 1. The summed E-state index contributed by atoms with van der Waals surface area (Å²) in [5.41, 5.74) is 9.09. The molecule has 0 aliphatic carbocycles. The van der Waals surface area contributed by atoms with Gasteiger partial charge in [-0.25, -0.2) is 28.2 Å². The summed E-state index contributed by atoms with van der Waals surface area (Å²) < 4.78 is 21.0. The second-order valence-corrected chi connectivity index (χ2v) is 7.67. The molecule has 4 aromatic heterocycles. The topological polar surface area (TPSA) is 133 Å². The monoisotopic (exact) mass is 473 g/mol. The zero-order chi connectivity index (χ0) is 24.5. The number of benzene rings is 1. The van der Waals surface area contributed by atoms with Crippen molar-refractivity contribution in [3.05, 3.63) is 88.5 Å². The van der Waals surface area contributed by atoms with E-state index in [9.17, 15) is 14.3 Å². The number of aromatic nitrogens is 6. The molecule has 0 fully saturated rings. The molecule has 5 rings (SSSR count).